The van der Waals surface area contributed by atoms with Gasteiger partial charge in [-0.2, -0.15) is 0 Å². The molecule has 2 aromatic carbocycles. The van der Waals surface area contributed by atoms with Crippen LogP contribution in [0.4, 0.5) is 10.1 Å². The molecule has 1 saturated heterocycles. The summed E-state index contributed by atoms with van der Waals surface area (Å²) in [6, 6.07) is 14.7. The van der Waals surface area contributed by atoms with Crippen LogP contribution in [0.2, 0.25) is 0 Å². The number of nitrogens with two attached hydrogens (primary N) is 1. The van der Waals surface area contributed by atoms with Crippen molar-refractivity contribution >= 4 is 11.6 Å². The SMILES string of the molecule is NC(=O)C1CCCN(Cc2ccccc2NCc2ccc(F)cc2)C1. The first kappa shape index (κ1) is 17.4. The molecule has 5 heteroatoms. The summed E-state index contributed by atoms with van der Waals surface area (Å²) in [5.74, 6) is -0.473. The van der Waals surface area contributed by atoms with Crippen molar-refractivity contribution < 1.29 is 9.18 Å². The first-order valence-corrected chi connectivity index (χ1v) is 8.70. The molecular weight excluding hydrogens is 317 g/mol. The zero-order chi connectivity index (χ0) is 17.6. The number of carbonyl (C=O) groups excluding carboxylic acids is 1. The Labute approximate surface area is 147 Å². The van der Waals surface area contributed by atoms with Crippen LogP contribution in [0.25, 0.3) is 0 Å². The summed E-state index contributed by atoms with van der Waals surface area (Å²) in [5.41, 5.74) is 8.75. The van der Waals surface area contributed by atoms with Crippen LogP contribution in [0.1, 0.15) is 24.0 Å². The highest BCUT2D eigenvalue weighted by Crippen LogP contribution is 2.22. The second kappa shape index (κ2) is 8.12. The van der Waals surface area contributed by atoms with Gasteiger partial charge in [-0.15, -0.1) is 0 Å². The number of likely N-dealkylation sites (tertiary alicyclic amines) is 1. The molecule has 0 saturated carbocycles. The Bertz CT molecular complexity index is 717. The van der Waals surface area contributed by atoms with E-state index in [4.69, 9.17) is 5.73 Å². The first-order valence-electron chi connectivity index (χ1n) is 8.70. The van der Waals surface area contributed by atoms with E-state index in [2.05, 4.69) is 16.3 Å². The van der Waals surface area contributed by atoms with Gasteiger partial charge in [-0.1, -0.05) is 30.3 Å². The zero-order valence-corrected chi connectivity index (χ0v) is 14.2. The van der Waals surface area contributed by atoms with Gasteiger partial charge in [0.2, 0.25) is 5.91 Å². The lowest BCUT2D eigenvalue weighted by molar-refractivity contribution is -0.123. The number of anilines is 1. The Balaban J connectivity index is 1.64. The number of benzene rings is 2. The van der Waals surface area contributed by atoms with Crippen molar-refractivity contribution in [3.8, 4) is 0 Å². The van der Waals surface area contributed by atoms with Gasteiger partial charge in [0.1, 0.15) is 5.82 Å². The Hall–Kier alpha value is -2.40. The van der Waals surface area contributed by atoms with Crippen LogP contribution >= 0.6 is 0 Å². The third-order valence-corrected chi connectivity index (χ3v) is 4.72. The van der Waals surface area contributed by atoms with Gasteiger partial charge in [-0.05, 0) is 48.7 Å². The molecule has 0 bridgehead atoms. The molecule has 1 aliphatic heterocycles. The number of para-hydroxylation sites is 1. The number of hydrogen-bond acceptors (Lipinski definition) is 3. The molecule has 2 aromatic rings. The molecule has 1 aliphatic rings. The molecular formula is C20H24FN3O. The van der Waals surface area contributed by atoms with Crippen LogP contribution in [0, 0.1) is 11.7 Å². The lowest BCUT2D eigenvalue weighted by Crippen LogP contribution is -2.40. The number of carbonyl (C=O) groups is 1. The van der Waals surface area contributed by atoms with Crippen LogP contribution < -0.4 is 11.1 Å². The van der Waals surface area contributed by atoms with Gasteiger partial charge >= 0.3 is 0 Å². The number of nitrogens with one attached hydrogen (secondary N) is 1. The Morgan fingerprint density at radius 2 is 1.96 bits per heavy atom. The molecule has 0 spiro atoms. The zero-order valence-electron chi connectivity index (χ0n) is 14.2. The maximum atomic E-state index is 13.0. The number of amides is 1. The lowest BCUT2D eigenvalue weighted by atomic mass is 9.97. The third-order valence-electron chi connectivity index (χ3n) is 4.72. The number of primary amides is 1. The summed E-state index contributed by atoms with van der Waals surface area (Å²) < 4.78 is 13.0. The van der Waals surface area contributed by atoms with E-state index >= 15 is 0 Å². The molecule has 3 N–H and O–H groups in total. The molecule has 1 unspecified atom stereocenters. The minimum absolute atomic E-state index is 0.0481. The van der Waals surface area contributed by atoms with Gasteiger partial charge in [0.15, 0.2) is 0 Å². The van der Waals surface area contributed by atoms with Gasteiger partial charge in [-0.25, -0.2) is 4.39 Å². The second-order valence-electron chi connectivity index (χ2n) is 6.61. The topological polar surface area (TPSA) is 58.4 Å². The quantitative estimate of drug-likeness (QED) is 0.849. The van der Waals surface area contributed by atoms with E-state index in [1.807, 2.05) is 18.2 Å². The van der Waals surface area contributed by atoms with E-state index in [0.29, 0.717) is 6.54 Å². The van der Waals surface area contributed by atoms with Crippen LogP contribution in [-0.4, -0.2) is 23.9 Å². The monoisotopic (exact) mass is 341 g/mol. The van der Waals surface area contributed by atoms with E-state index < -0.39 is 0 Å². The molecule has 0 aromatic heterocycles. The summed E-state index contributed by atoms with van der Waals surface area (Å²) in [4.78, 5) is 13.7. The van der Waals surface area contributed by atoms with Gasteiger partial charge < -0.3 is 11.1 Å². The van der Waals surface area contributed by atoms with Crippen molar-refractivity contribution in [2.24, 2.45) is 11.7 Å². The minimum atomic E-state index is -0.224. The van der Waals surface area contributed by atoms with Crippen LogP contribution in [0.15, 0.2) is 48.5 Å². The van der Waals surface area contributed by atoms with Crippen molar-refractivity contribution in [2.45, 2.75) is 25.9 Å². The summed E-state index contributed by atoms with van der Waals surface area (Å²) >= 11 is 0. The molecule has 1 atom stereocenters. The Morgan fingerprint density at radius 1 is 1.20 bits per heavy atom. The van der Waals surface area contributed by atoms with E-state index in [0.717, 1.165) is 43.7 Å². The second-order valence-corrected chi connectivity index (χ2v) is 6.61. The molecule has 1 fully saturated rings. The van der Waals surface area contributed by atoms with Crippen molar-refractivity contribution in [2.75, 3.05) is 18.4 Å². The highest BCUT2D eigenvalue weighted by atomic mass is 19.1. The molecule has 1 heterocycles. The van der Waals surface area contributed by atoms with Gasteiger partial charge in [0, 0.05) is 25.3 Å². The van der Waals surface area contributed by atoms with Crippen molar-refractivity contribution in [1.82, 2.24) is 4.90 Å². The van der Waals surface area contributed by atoms with Gasteiger partial charge in [0.05, 0.1) is 5.92 Å². The highest BCUT2D eigenvalue weighted by Gasteiger charge is 2.24. The first-order chi connectivity index (χ1) is 12.1. The predicted molar refractivity (Wildman–Crippen MR) is 97.4 cm³/mol. The molecule has 0 aliphatic carbocycles. The van der Waals surface area contributed by atoms with Crippen molar-refractivity contribution in [3.05, 3.63) is 65.5 Å². The summed E-state index contributed by atoms with van der Waals surface area (Å²) in [7, 11) is 0. The fourth-order valence-corrected chi connectivity index (χ4v) is 3.30. The standard InChI is InChI=1S/C20H24FN3O/c21-18-9-7-15(8-10-18)12-23-19-6-2-1-4-16(19)13-24-11-3-5-17(14-24)20(22)25/h1-2,4,6-10,17,23H,3,5,11-14H2,(H2,22,25). The van der Waals surface area contributed by atoms with Crippen LogP contribution in [0.3, 0.4) is 0 Å². The maximum Gasteiger partial charge on any atom is 0.221 e. The Morgan fingerprint density at radius 3 is 2.72 bits per heavy atom. The molecule has 0 radical (unpaired) electrons. The fraction of sp³-hybridized carbons (Fsp3) is 0.350. The van der Waals surface area contributed by atoms with E-state index in [9.17, 15) is 9.18 Å². The molecule has 4 nitrogen and oxygen atoms in total. The lowest BCUT2D eigenvalue weighted by Gasteiger charge is -2.31. The van der Waals surface area contributed by atoms with Crippen molar-refractivity contribution in [1.29, 1.82) is 0 Å². The fourth-order valence-electron chi connectivity index (χ4n) is 3.30. The Kier molecular flexibility index (Phi) is 5.66. The van der Waals surface area contributed by atoms with E-state index in [1.54, 1.807) is 12.1 Å². The van der Waals surface area contributed by atoms with Gasteiger partial charge in [-0.3, -0.25) is 9.69 Å². The number of halogens is 1. The van der Waals surface area contributed by atoms with Crippen LogP contribution in [-0.2, 0) is 17.9 Å². The third kappa shape index (κ3) is 4.79. The molecule has 132 valence electrons. The number of nitrogens with zero attached hydrogens (tertiary/aromatic N) is 1. The highest BCUT2D eigenvalue weighted by molar-refractivity contribution is 5.76. The molecule has 1 amide bonds. The number of hydrogen-bond donors (Lipinski definition) is 2. The van der Waals surface area contributed by atoms with Crippen LogP contribution in [0.5, 0.6) is 0 Å². The van der Waals surface area contributed by atoms with Crippen molar-refractivity contribution in [3.63, 3.8) is 0 Å². The van der Waals surface area contributed by atoms with E-state index in [1.165, 1.54) is 17.7 Å². The smallest absolute Gasteiger partial charge is 0.221 e. The average molecular weight is 341 g/mol. The average Bonchev–Trinajstić information content (AvgIpc) is 2.62. The van der Waals surface area contributed by atoms with Gasteiger partial charge in [0.25, 0.3) is 0 Å². The molecule has 3 rings (SSSR count). The number of rotatable bonds is 6. The normalized spacial score (nSPS) is 18.0. The summed E-state index contributed by atoms with van der Waals surface area (Å²) in [6.45, 7) is 3.13. The summed E-state index contributed by atoms with van der Waals surface area (Å²) in [6.07, 6.45) is 1.88. The predicted octanol–water partition coefficient (Wildman–Crippen LogP) is 3.14. The number of piperidine rings is 1. The van der Waals surface area contributed by atoms with E-state index in [-0.39, 0.29) is 17.6 Å². The maximum absolute atomic E-state index is 13.0. The summed E-state index contributed by atoms with van der Waals surface area (Å²) in [5, 5.41) is 3.43. The molecule has 25 heavy (non-hydrogen) atoms. The minimum Gasteiger partial charge on any atom is -0.381 e. The largest absolute Gasteiger partial charge is 0.381 e.